The lowest BCUT2D eigenvalue weighted by Gasteiger charge is -2.13. The maximum atomic E-state index is 4.32. The average molecular weight is 241 g/mol. The zero-order chi connectivity index (χ0) is 12.4. The topological polar surface area (TPSA) is 29.9 Å². The van der Waals surface area contributed by atoms with Crippen LogP contribution in [0.1, 0.15) is 12.0 Å². The third-order valence-electron chi connectivity index (χ3n) is 3.75. The first-order chi connectivity index (χ1) is 8.84. The van der Waals surface area contributed by atoms with E-state index in [4.69, 9.17) is 0 Å². The molecule has 0 amide bonds. The molecule has 3 heteroatoms. The molecule has 0 bridgehead atoms. The molecule has 3 nitrogen and oxygen atoms in total. The van der Waals surface area contributed by atoms with Crippen molar-refractivity contribution >= 4 is 0 Å². The number of nitrogens with one attached hydrogen (secondary N) is 1. The van der Waals surface area contributed by atoms with Gasteiger partial charge in [0, 0.05) is 12.1 Å². The molecule has 2 heterocycles. The minimum absolute atomic E-state index is 0.738. The molecule has 1 unspecified atom stereocenters. The van der Waals surface area contributed by atoms with Gasteiger partial charge in [0.2, 0.25) is 0 Å². The van der Waals surface area contributed by atoms with Crippen molar-refractivity contribution in [1.29, 1.82) is 0 Å². The first-order valence-electron chi connectivity index (χ1n) is 6.61. The van der Waals surface area contributed by atoms with Gasteiger partial charge in [-0.3, -0.25) is 0 Å². The molecule has 0 spiro atoms. The number of benzene rings is 1. The van der Waals surface area contributed by atoms with Crippen molar-refractivity contribution in [2.24, 2.45) is 5.92 Å². The van der Waals surface area contributed by atoms with E-state index in [1.54, 1.807) is 0 Å². The standard InChI is InChI=1S/C15H19N3/c1-12-4-2-3-5-14(12)15-9-17-11-18(15)10-13-6-7-16-8-13/h2-5,9,11,13,16H,6-8,10H2,1H3. The zero-order valence-electron chi connectivity index (χ0n) is 10.8. The van der Waals surface area contributed by atoms with Crippen LogP contribution in [0.25, 0.3) is 11.3 Å². The summed E-state index contributed by atoms with van der Waals surface area (Å²) in [6.45, 7) is 5.50. The van der Waals surface area contributed by atoms with E-state index in [1.165, 1.54) is 23.2 Å². The number of aryl methyl sites for hydroxylation is 1. The lowest BCUT2D eigenvalue weighted by atomic mass is 10.1. The summed E-state index contributed by atoms with van der Waals surface area (Å²) in [7, 11) is 0. The van der Waals surface area contributed by atoms with Crippen LogP contribution in [0, 0.1) is 12.8 Å². The molecule has 1 aliphatic heterocycles. The van der Waals surface area contributed by atoms with Gasteiger partial charge in [0.25, 0.3) is 0 Å². The lowest BCUT2D eigenvalue weighted by molar-refractivity contribution is 0.484. The second-order valence-electron chi connectivity index (χ2n) is 5.10. The number of hydrogen-bond acceptors (Lipinski definition) is 2. The molecule has 1 saturated heterocycles. The summed E-state index contributed by atoms with van der Waals surface area (Å²) in [5, 5.41) is 3.42. The second kappa shape index (κ2) is 4.94. The molecule has 0 radical (unpaired) electrons. The van der Waals surface area contributed by atoms with Crippen LogP contribution in [0.15, 0.2) is 36.8 Å². The molecule has 1 atom stereocenters. The quantitative estimate of drug-likeness (QED) is 0.894. The van der Waals surface area contributed by atoms with Gasteiger partial charge in [-0.05, 0) is 37.9 Å². The van der Waals surface area contributed by atoms with Crippen molar-refractivity contribution in [3.8, 4) is 11.3 Å². The second-order valence-corrected chi connectivity index (χ2v) is 5.10. The van der Waals surface area contributed by atoms with Crippen molar-refractivity contribution < 1.29 is 0 Å². The predicted molar refractivity (Wildman–Crippen MR) is 73.4 cm³/mol. The van der Waals surface area contributed by atoms with Crippen LogP contribution in [0.2, 0.25) is 0 Å². The van der Waals surface area contributed by atoms with Crippen LogP contribution < -0.4 is 5.32 Å². The van der Waals surface area contributed by atoms with Gasteiger partial charge in [-0.25, -0.2) is 4.98 Å². The molecule has 94 valence electrons. The fourth-order valence-corrected chi connectivity index (χ4v) is 2.70. The van der Waals surface area contributed by atoms with Gasteiger partial charge in [-0.1, -0.05) is 24.3 Å². The molecule has 3 rings (SSSR count). The van der Waals surface area contributed by atoms with Crippen molar-refractivity contribution in [2.75, 3.05) is 13.1 Å². The number of hydrogen-bond donors (Lipinski definition) is 1. The molecule has 1 aromatic carbocycles. The molecule has 1 N–H and O–H groups in total. The predicted octanol–water partition coefficient (Wildman–Crippen LogP) is 2.47. The summed E-state index contributed by atoms with van der Waals surface area (Å²) >= 11 is 0. The van der Waals surface area contributed by atoms with Crippen molar-refractivity contribution in [3.05, 3.63) is 42.4 Å². The highest BCUT2D eigenvalue weighted by Gasteiger charge is 2.16. The van der Waals surface area contributed by atoms with Gasteiger partial charge >= 0.3 is 0 Å². The number of nitrogens with zero attached hydrogens (tertiary/aromatic N) is 2. The SMILES string of the molecule is Cc1ccccc1-c1cncn1CC1CCNC1. The fourth-order valence-electron chi connectivity index (χ4n) is 2.70. The maximum Gasteiger partial charge on any atom is 0.0951 e. The number of rotatable bonds is 3. The molecule has 2 aromatic rings. The fraction of sp³-hybridized carbons (Fsp3) is 0.400. The molecular formula is C15H19N3. The van der Waals surface area contributed by atoms with Crippen molar-refractivity contribution in [1.82, 2.24) is 14.9 Å². The van der Waals surface area contributed by atoms with E-state index >= 15 is 0 Å². The summed E-state index contributed by atoms with van der Waals surface area (Å²) < 4.78 is 2.29. The van der Waals surface area contributed by atoms with E-state index in [0.717, 1.165) is 25.6 Å². The Kier molecular flexibility index (Phi) is 3.15. The normalized spacial score (nSPS) is 19.3. The maximum absolute atomic E-state index is 4.32. The van der Waals surface area contributed by atoms with Crippen LogP contribution in [-0.2, 0) is 6.54 Å². The lowest BCUT2D eigenvalue weighted by Crippen LogP contribution is -2.14. The summed E-state index contributed by atoms with van der Waals surface area (Å²) in [6, 6.07) is 8.51. The summed E-state index contributed by atoms with van der Waals surface area (Å²) in [5.74, 6) is 0.738. The first-order valence-corrected chi connectivity index (χ1v) is 6.61. The summed E-state index contributed by atoms with van der Waals surface area (Å²) in [4.78, 5) is 4.32. The molecule has 1 fully saturated rings. The van der Waals surface area contributed by atoms with Crippen molar-refractivity contribution in [3.63, 3.8) is 0 Å². The molecule has 1 aromatic heterocycles. The Morgan fingerprint density at radius 2 is 2.28 bits per heavy atom. The van der Waals surface area contributed by atoms with E-state index in [1.807, 2.05) is 12.5 Å². The summed E-state index contributed by atoms with van der Waals surface area (Å²) in [6.07, 6.45) is 5.20. The van der Waals surface area contributed by atoms with Crippen LogP contribution >= 0.6 is 0 Å². The largest absolute Gasteiger partial charge is 0.330 e. The van der Waals surface area contributed by atoms with E-state index < -0.39 is 0 Å². The zero-order valence-corrected chi connectivity index (χ0v) is 10.8. The van der Waals surface area contributed by atoms with E-state index in [0.29, 0.717) is 0 Å². The van der Waals surface area contributed by atoms with Gasteiger partial charge < -0.3 is 9.88 Å². The molecule has 0 aliphatic carbocycles. The van der Waals surface area contributed by atoms with E-state index in [9.17, 15) is 0 Å². The first kappa shape index (κ1) is 11.5. The van der Waals surface area contributed by atoms with Gasteiger partial charge in [-0.15, -0.1) is 0 Å². The van der Waals surface area contributed by atoms with Crippen LogP contribution in [0.5, 0.6) is 0 Å². The van der Waals surface area contributed by atoms with Crippen LogP contribution in [0.4, 0.5) is 0 Å². The van der Waals surface area contributed by atoms with E-state index in [2.05, 4.69) is 46.1 Å². The van der Waals surface area contributed by atoms with Gasteiger partial charge in [0.15, 0.2) is 0 Å². The summed E-state index contributed by atoms with van der Waals surface area (Å²) in [5.41, 5.74) is 3.84. The minimum atomic E-state index is 0.738. The van der Waals surface area contributed by atoms with Crippen LogP contribution in [0.3, 0.4) is 0 Å². The Bertz CT molecular complexity index is 524. The third kappa shape index (κ3) is 2.18. The Labute approximate surface area is 108 Å². The third-order valence-corrected chi connectivity index (χ3v) is 3.75. The molecular weight excluding hydrogens is 222 g/mol. The highest BCUT2D eigenvalue weighted by molar-refractivity contribution is 5.63. The van der Waals surface area contributed by atoms with Gasteiger partial charge in [-0.2, -0.15) is 0 Å². The minimum Gasteiger partial charge on any atom is -0.330 e. The Morgan fingerprint density at radius 3 is 3.06 bits per heavy atom. The highest BCUT2D eigenvalue weighted by atomic mass is 15.1. The number of imidazole rings is 1. The van der Waals surface area contributed by atoms with Crippen LogP contribution in [-0.4, -0.2) is 22.6 Å². The molecule has 18 heavy (non-hydrogen) atoms. The highest BCUT2D eigenvalue weighted by Crippen LogP contribution is 2.24. The Morgan fingerprint density at radius 1 is 1.39 bits per heavy atom. The Balaban J connectivity index is 1.89. The van der Waals surface area contributed by atoms with E-state index in [-0.39, 0.29) is 0 Å². The smallest absolute Gasteiger partial charge is 0.0951 e. The Hall–Kier alpha value is -1.61. The van der Waals surface area contributed by atoms with Crippen molar-refractivity contribution in [2.45, 2.75) is 19.9 Å². The molecule has 1 aliphatic rings. The monoisotopic (exact) mass is 241 g/mol. The molecule has 0 saturated carbocycles. The van der Waals surface area contributed by atoms with Gasteiger partial charge in [0.1, 0.15) is 0 Å². The van der Waals surface area contributed by atoms with Gasteiger partial charge in [0.05, 0.1) is 18.2 Å². The average Bonchev–Trinajstić information content (AvgIpc) is 3.02. The number of aromatic nitrogens is 2.